The second-order valence-corrected chi connectivity index (χ2v) is 7.41. The predicted molar refractivity (Wildman–Crippen MR) is 120 cm³/mol. The first-order chi connectivity index (χ1) is 14.9. The fraction of sp³-hybridized carbons (Fsp3) is 0.0909. The monoisotopic (exact) mass is 437 g/mol. The Labute approximate surface area is 182 Å². The van der Waals surface area contributed by atoms with E-state index in [4.69, 9.17) is 4.74 Å². The van der Waals surface area contributed by atoms with Gasteiger partial charge in [0.2, 0.25) is 5.91 Å². The number of benzene rings is 3. The zero-order valence-electron chi connectivity index (χ0n) is 16.5. The highest BCUT2D eigenvalue weighted by atomic mass is 32.2. The van der Waals surface area contributed by atoms with Gasteiger partial charge < -0.3 is 15.4 Å². The van der Waals surface area contributed by atoms with Crippen LogP contribution in [0.1, 0.15) is 10.4 Å². The minimum Gasteiger partial charge on any atom is -0.497 e. The number of rotatable bonds is 8. The zero-order valence-corrected chi connectivity index (χ0v) is 17.3. The molecule has 0 aliphatic rings. The van der Waals surface area contributed by atoms with Crippen molar-refractivity contribution >= 4 is 40.6 Å². The fourth-order valence-corrected chi connectivity index (χ4v) is 3.43. The van der Waals surface area contributed by atoms with Crippen molar-refractivity contribution in [1.82, 2.24) is 0 Å². The van der Waals surface area contributed by atoms with Gasteiger partial charge >= 0.3 is 0 Å². The van der Waals surface area contributed by atoms with Crippen LogP contribution in [-0.4, -0.2) is 29.6 Å². The maximum atomic E-state index is 12.4. The minimum atomic E-state index is -0.551. The first-order valence-electron chi connectivity index (χ1n) is 9.17. The Morgan fingerprint density at radius 2 is 1.68 bits per heavy atom. The van der Waals surface area contributed by atoms with Crippen LogP contribution in [0.3, 0.4) is 0 Å². The molecule has 0 heterocycles. The topological polar surface area (TPSA) is 111 Å². The van der Waals surface area contributed by atoms with E-state index >= 15 is 0 Å². The van der Waals surface area contributed by atoms with Crippen LogP contribution in [0.5, 0.6) is 5.75 Å². The Balaban J connectivity index is 1.58. The van der Waals surface area contributed by atoms with Crippen LogP contribution in [0, 0.1) is 10.1 Å². The summed E-state index contributed by atoms with van der Waals surface area (Å²) in [6.45, 7) is 0. The van der Waals surface area contributed by atoms with Crippen molar-refractivity contribution in [2.75, 3.05) is 23.5 Å². The Hall–Kier alpha value is -3.85. The maximum absolute atomic E-state index is 12.4. The van der Waals surface area contributed by atoms with Gasteiger partial charge in [-0.15, -0.1) is 11.8 Å². The number of nitro benzene ring substituents is 1. The third kappa shape index (κ3) is 6.31. The Kier molecular flexibility index (Phi) is 7.23. The third-order valence-corrected chi connectivity index (χ3v) is 5.13. The molecule has 0 saturated heterocycles. The highest BCUT2D eigenvalue weighted by molar-refractivity contribution is 8.00. The number of hydrogen-bond acceptors (Lipinski definition) is 6. The van der Waals surface area contributed by atoms with E-state index in [0.29, 0.717) is 17.1 Å². The molecule has 3 aromatic carbocycles. The molecular weight excluding hydrogens is 418 g/mol. The molecule has 3 rings (SSSR count). The molecule has 0 aliphatic heterocycles. The second-order valence-electron chi connectivity index (χ2n) is 6.36. The van der Waals surface area contributed by atoms with Gasteiger partial charge in [0.25, 0.3) is 11.6 Å². The normalized spacial score (nSPS) is 10.2. The average molecular weight is 437 g/mol. The Morgan fingerprint density at radius 1 is 0.968 bits per heavy atom. The van der Waals surface area contributed by atoms with E-state index < -0.39 is 10.8 Å². The van der Waals surface area contributed by atoms with E-state index in [-0.39, 0.29) is 22.9 Å². The van der Waals surface area contributed by atoms with Crippen molar-refractivity contribution in [3.8, 4) is 5.75 Å². The summed E-state index contributed by atoms with van der Waals surface area (Å²) in [4.78, 5) is 35.8. The minimum absolute atomic E-state index is 0.154. The number of nitrogens with zero attached hydrogens (tertiary/aromatic N) is 1. The lowest BCUT2D eigenvalue weighted by atomic mass is 10.2. The van der Waals surface area contributed by atoms with Crippen molar-refractivity contribution in [3.63, 3.8) is 0 Å². The smallest absolute Gasteiger partial charge is 0.270 e. The van der Waals surface area contributed by atoms with Gasteiger partial charge in [-0.3, -0.25) is 19.7 Å². The lowest BCUT2D eigenvalue weighted by molar-refractivity contribution is -0.384. The predicted octanol–water partition coefficient (Wildman–Crippen LogP) is 4.59. The van der Waals surface area contributed by atoms with Crippen LogP contribution >= 0.6 is 11.8 Å². The zero-order chi connectivity index (χ0) is 22.2. The number of anilines is 2. The number of amides is 2. The van der Waals surface area contributed by atoms with Crippen LogP contribution in [0.25, 0.3) is 0 Å². The summed E-state index contributed by atoms with van der Waals surface area (Å²) in [5.41, 5.74) is 1.20. The second kappa shape index (κ2) is 10.3. The fourth-order valence-electron chi connectivity index (χ4n) is 2.67. The van der Waals surface area contributed by atoms with Crippen LogP contribution in [0.15, 0.2) is 77.7 Å². The molecule has 0 aromatic heterocycles. The lowest BCUT2D eigenvalue weighted by Gasteiger charge is -2.09. The molecule has 8 nitrogen and oxygen atoms in total. The average Bonchev–Trinajstić information content (AvgIpc) is 2.78. The van der Waals surface area contributed by atoms with Gasteiger partial charge in [-0.25, -0.2) is 0 Å². The Morgan fingerprint density at radius 3 is 2.42 bits per heavy atom. The molecule has 0 fully saturated rings. The van der Waals surface area contributed by atoms with E-state index in [1.807, 2.05) is 6.07 Å². The summed E-state index contributed by atoms with van der Waals surface area (Å²) in [5, 5.41) is 16.4. The summed E-state index contributed by atoms with van der Waals surface area (Å²) in [5.74, 6) is 0.197. The van der Waals surface area contributed by atoms with Gasteiger partial charge in [0.05, 0.1) is 17.8 Å². The summed E-state index contributed by atoms with van der Waals surface area (Å²) in [7, 11) is 1.56. The highest BCUT2D eigenvalue weighted by Gasteiger charge is 2.12. The summed E-state index contributed by atoms with van der Waals surface area (Å²) >= 11 is 1.32. The van der Waals surface area contributed by atoms with Gasteiger partial charge in [-0.05, 0) is 36.4 Å². The molecule has 0 saturated carbocycles. The number of carbonyl (C=O) groups excluding carboxylic acids is 2. The molecule has 0 aliphatic carbocycles. The van der Waals surface area contributed by atoms with Gasteiger partial charge in [0, 0.05) is 40.0 Å². The molecular formula is C22H19N3O5S. The van der Waals surface area contributed by atoms with Crippen molar-refractivity contribution in [2.45, 2.75) is 4.90 Å². The largest absolute Gasteiger partial charge is 0.497 e. The van der Waals surface area contributed by atoms with Crippen LogP contribution in [0.4, 0.5) is 17.1 Å². The quantitative estimate of drug-likeness (QED) is 0.303. The molecule has 0 bridgehead atoms. The number of hydrogen-bond donors (Lipinski definition) is 2. The number of nitro groups is 1. The molecule has 2 amide bonds. The van der Waals surface area contributed by atoms with Gasteiger partial charge in [0.15, 0.2) is 0 Å². The molecule has 0 spiro atoms. The first-order valence-corrected chi connectivity index (χ1v) is 10.2. The lowest BCUT2D eigenvalue weighted by Crippen LogP contribution is -2.14. The molecule has 158 valence electrons. The molecule has 0 unspecified atom stereocenters. The standard InChI is InChI=1S/C22H19N3O5S/c1-30-19-9-3-6-16(12-19)23-21(26)14-31-20-10-4-7-17(13-20)24-22(27)15-5-2-8-18(11-15)25(28)29/h2-13H,14H2,1H3,(H,23,26)(H,24,27). The van der Waals surface area contributed by atoms with E-state index in [0.717, 1.165) is 4.90 Å². The first kappa shape index (κ1) is 21.8. The summed E-state index contributed by atoms with van der Waals surface area (Å²) in [6.07, 6.45) is 0. The highest BCUT2D eigenvalue weighted by Crippen LogP contribution is 2.23. The van der Waals surface area contributed by atoms with E-state index in [9.17, 15) is 19.7 Å². The SMILES string of the molecule is COc1cccc(NC(=O)CSc2cccc(NC(=O)c3cccc([N+](=O)[O-])c3)c2)c1. The van der Waals surface area contributed by atoms with Crippen molar-refractivity contribution in [2.24, 2.45) is 0 Å². The molecule has 2 N–H and O–H groups in total. The van der Waals surface area contributed by atoms with Crippen molar-refractivity contribution in [1.29, 1.82) is 0 Å². The number of carbonyl (C=O) groups is 2. The number of nitrogens with one attached hydrogen (secondary N) is 2. The van der Waals surface area contributed by atoms with Crippen LogP contribution < -0.4 is 15.4 Å². The maximum Gasteiger partial charge on any atom is 0.270 e. The summed E-state index contributed by atoms with van der Waals surface area (Å²) in [6, 6.07) is 19.6. The van der Waals surface area contributed by atoms with Crippen LogP contribution in [0.2, 0.25) is 0 Å². The molecule has 0 radical (unpaired) electrons. The molecule has 31 heavy (non-hydrogen) atoms. The van der Waals surface area contributed by atoms with E-state index in [1.165, 1.54) is 36.0 Å². The Bertz CT molecular complexity index is 1120. The number of non-ortho nitro benzene ring substituents is 1. The van der Waals surface area contributed by atoms with E-state index in [1.54, 1.807) is 49.6 Å². The third-order valence-electron chi connectivity index (χ3n) is 4.13. The number of thioether (sulfide) groups is 1. The molecule has 0 atom stereocenters. The van der Waals surface area contributed by atoms with Crippen molar-refractivity contribution < 1.29 is 19.2 Å². The van der Waals surface area contributed by atoms with E-state index in [2.05, 4.69) is 10.6 Å². The number of methoxy groups -OCH3 is 1. The molecule has 9 heteroatoms. The number of ether oxygens (including phenoxy) is 1. The molecule has 3 aromatic rings. The van der Waals surface area contributed by atoms with Crippen LogP contribution in [-0.2, 0) is 4.79 Å². The van der Waals surface area contributed by atoms with Gasteiger partial charge in [0.1, 0.15) is 5.75 Å². The van der Waals surface area contributed by atoms with Gasteiger partial charge in [-0.1, -0.05) is 18.2 Å². The van der Waals surface area contributed by atoms with Gasteiger partial charge in [-0.2, -0.15) is 0 Å². The van der Waals surface area contributed by atoms with Crippen molar-refractivity contribution in [3.05, 3.63) is 88.5 Å². The summed E-state index contributed by atoms with van der Waals surface area (Å²) < 4.78 is 5.14.